The molecule has 0 unspecified atom stereocenters. The van der Waals surface area contributed by atoms with Crippen LogP contribution in [-0.4, -0.2) is 44.7 Å². The molecule has 1 aliphatic heterocycles. The minimum Gasteiger partial charge on any atom is -0.497 e. The second-order valence-electron chi connectivity index (χ2n) is 7.26. The number of benzene rings is 2. The van der Waals surface area contributed by atoms with Crippen molar-refractivity contribution in [2.45, 2.75) is 25.7 Å². The Hall–Kier alpha value is -2.69. The molecule has 3 rings (SSSR count). The second-order valence-corrected chi connectivity index (χ2v) is 7.26. The summed E-state index contributed by atoms with van der Waals surface area (Å²) in [6, 6.07) is 16.3. The van der Waals surface area contributed by atoms with Gasteiger partial charge in [-0.25, -0.2) is 0 Å². The number of amides is 1. The van der Waals surface area contributed by atoms with E-state index in [1.807, 2.05) is 23.1 Å². The first-order chi connectivity index (χ1) is 13.7. The Labute approximate surface area is 167 Å². The van der Waals surface area contributed by atoms with Gasteiger partial charge in [0.1, 0.15) is 11.5 Å². The summed E-state index contributed by atoms with van der Waals surface area (Å²) in [7, 11) is 3.26. The topological polar surface area (TPSA) is 50.8 Å². The van der Waals surface area contributed by atoms with Crippen molar-refractivity contribution in [2.24, 2.45) is 5.92 Å². The Morgan fingerprint density at radius 1 is 1.07 bits per heavy atom. The van der Waals surface area contributed by atoms with E-state index in [-0.39, 0.29) is 5.91 Å². The summed E-state index contributed by atoms with van der Waals surface area (Å²) in [6.07, 6.45) is 3.76. The third kappa shape index (κ3) is 5.41. The van der Waals surface area contributed by atoms with Crippen LogP contribution in [0.2, 0.25) is 0 Å². The molecule has 1 fully saturated rings. The summed E-state index contributed by atoms with van der Waals surface area (Å²) >= 11 is 0. The molecule has 1 N–H and O–H groups in total. The summed E-state index contributed by atoms with van der Waals surface area (Å²) in [6.45, 7) is 2.32. The molecule has 2 aromatic carbocycles. The second kappa shape index (κ2) is 10.0. The number of likely N-dealkylation sites (tertiary alicyclic amines) is 1. The van der Waals surface area contributed by atoms with Crippen LogP contribution < -0.4 is 14.8 Å². The van der Waals surface area contributed by atoms with Crippen LogP contribution in [-0.2, 0) is 11.2 Å². The van der Waals surface area contributed by atoms with Gasteiger partial charge in [-0.2, -0.15) is 0 Å². The fraction of sp³-hybridized carbons (Fsp3) is 0.435. The monoisotopic (exact) mass is 382 g/mol. The molecule has 0 aliphatic carbocycles. The van der Waals surface area contributed by atoms with Crippen LogP contribution in [0.5, 0.6) is 11.5 Å². The fourth-order valence-electron chi connectivity index (χ4n) is 3.74. The van der Waals surface area contributed by atoms with Gasteiger partial charge in [-0.05, 0) is 42.9 Å². The van der Waals surface area contributed by atoms with E-state index in [2.05, 4.69) is 35.6 Å². The van der Waals surface area contributed by atoms with Crippen LogP contribution in [0, 0.1) is 5.92 Å². The third-order valence-electron chi connectivity index (χ3n) is 5.40. The van der Waals surface area contributed by atoms with Crippen LogP contribution in [0.15, 0.2) is 48.5 Å². The first kappa shape index (κ1) is 20.1. The highest BCUT2D eigenvalue weighted by Gasteiger charge is 2.22. The van der Waals surface area contributed by atoms with Gasteiger partial charge in [-0.15, -0.1) is 0 Å². The summed E-state index contributed by atoms with van der Waals surface area (Å²) < 4.78 is 10.6. The molecule has 1 saturated heterocycles. The maximum Gasteiger partial charge on any atom is 0.224 e. The first-order valence-corrected chi connectivity index (χ1v) is 9.97. The third-order valence-corrected chi connectivity index (χ3v) is 5.40. The highest BCUT2D eigenvalue weighted by atomic mass is 16.5. The van der Waals surface area contributed by atoms with E-state index in [1.165, 1.54) is 5.56 Å². The lowest BCUT2D eigenvalue weighted by atomic mass is 9.90. The van der Waals surface area contributed by atoms with Gasteiger partial charge in [0.05, 0.1) is 19.9 Å². The molecular formula is C23H30N2O3. The van der Waals surface area contributed by atoms with E-state index in [4.69, 9.17) is 9.47 Å². The number of ether oxygens (including phenoxy) is 2. The molecule has 0 atom stereocenters. The maximum absolute atomic E-state index is 12.5. The van der Waals surface area contributed by atoms with E-state index >= 15 is 0 Å². The zero-order valence-electron chi connectivity index (χ0n) is 16.8. The molecular weight excluding hydrogens is 352 g/mol. The SMILES string of the molecule is COc1ccc(NCCC(=O)N2CCC(Cc3ccccc3)CC2)c(OC)c1. The van der Waals surface area contributed by atoms with E-state index in [9.17, 15) is 4.79 Å². The van der Waals surface area contributed by atoms with Crippen LogP contribution in [0.25, 0.3) is 0 Å². The Morgan fingerprint density at radius 3 is 2.50 bits per heavy atom. The molecule has 5 nitrogen and oxygen atoms in total. The standard InChI is InChI=1S/C23H30N2O3/c1-27-20-8-9-21(22(17-20)28-2)24-13-10-23(26)25-14-11-19(12-15-25)16-18-6-4-3-5-7-18/h3-9,17,19,24H,10-16H2,1-2H3. The zero-order chi connectivity index (χ0) is 19.8. The summed E-state index contributed by atoms with van der Waals surface area (Å²) in [5, 5.41) is 3.30. The van der Waals surface area contributed by atoms with E-state index in [0.717, 1.165) is 43.8 Å². The predicted octanol–water partition coefficient (Wildman–Crippen LogP) is 3.99. The molecule has 0 bridgehead atoms. The van der Waals surface area contributed by atoms with Gasteiger partial charge in [0, 0.05) is 32.1 Å². The summed E-state index contributed by atoms with van der Waals surface area (Å²) in [5.41, 5.74) is 2.27. The lowest BCUT2D eigenvalue weighted by Crippen LogP contribution is -2.39. The number of hydrogen-bond donors (Lipinski definition) is 1. The summed E-state index contributed by atoms with van der Waals surface area (Å²) in [4.78, 5) is 14.6. The summed E-state index contributed by atoms with van der Waals surface area (Å²) in [5.74, 6) is 2.36. The molecule has 1 heterocycles. The van der Waals surface area contributed by atoms with Crippen molar-refractivity contribution in [1.29, 1.82) is 0 Å². The molecule has 2 aromatic rings. The van der Waals surface area contributed by atoms with E-state index in [0.29, 0.717) is 24.6 Å². The van der Waals surface area contributed by atoms with Crippen LogP contribution in [0.1, 0.15) is 24.8 Å². The van der Waals surface area contributed by atoms with Gasteiger partial charge < -0.3 is 19.7 Å². The van der Waals surface area contributed by atoms with Crippen LogP contribution >= 0.6 is 0 Å². The normalized spacial score (nSPS) is 14.6. The molecule has 5 heteroatoms. The van der Waals surface area contributed by atoms with E-state index < -0.39 is 0 Å². The van der Waals surface area contributed by atoms with Crippen LogP contribution in [0.4, 0.5) is 5.69 Å². The molecule has 0 spiro atoms. The molecule has 1 aliphatic rings. The minimum atomic E-state index is 0.220. The number of methoxy groups -OCH3 is 2. The van der Waals surface area contributed by atoms with Crippen molar-refractivity contribution < 1.29 is 14.3 Å². The van der Waals surface area contributed by atoms with Gasteiger partial charge in [0.2, 0.25) is 5.91 Å². The van der Waals surface area contributed by atoms with Crippen molar-refractivity contribution in [1.82, 2.24) is 4.90 Å². The number of anilines is 1. The number of nitrogens with one attached hydrogen (secondary N) is 1. The zero-order valence-corrected chi connectivity index (χ0v) is 16.8. The largest absolute Gasteiger partial charge is 0.497 e. The van der Waals surface area contributed by atoms with Crippen molar-refractivity contribution >= 4 is 11.6 Å². The number of piperidine rings is 1. The number of carbonyl (C=O) groups is 1. The number of nitrogens with zero attached hydrogens (tertiary/aromatic N) is 1. The van der Waals surface area contributed by atoms with Crippen molar-refractivity contribution in [2.75, 3.05) is 39.2 Å². The Kier molecular flexibility index (Phi) is 7.18. The fourth-order valence-corrected chi connectivity index (χ4v) is 3.74. The Bertz CT molecular complexity index is 756. The Morgan fingerprint density at radius 2 is 1.82 bits per heavy atom. The number of carbonyl (C=O) groups excluding carboxylic acids is 1. The van der Waals surface area contributed by atoms with Crippen LogP contribution in [0.3, 0.4) is 0 Å². The molecule has 0 radical (unpaired) electrons. The minimum absolute atomic E-state index is 0.220. The lowest BCUT2D eigenvalue weighted by Gasteiger charge is -2.32. The number of rotatable bonds is 8. The lowest BCUT2D eigenvalue weighted by molar-refractivity contribution is -0.132. The molecule has 0 aromatic heterocycles. The molecule has 28 heavy (non-hydrogen) atoms. The van der Waals surface area contributed by atoms with Gasteiger partial charge in [-0.1, -0.05) is 30.3 Å². The van der Waals surface area contributed by atoms with Gasteiger partial charge in [0.25, 0.3) is 0 Å². The molecule has 1 amide bonds. The highest BCUT2D eigenvalue weighted by molar-refractivity contribution is 5.77. The van der Waals surface area contributed by atoms with Gasteiger partial charge >= 0.3 is 0 Å². The van der Waals surface area contributed by atoms with E-state index in [1.54, 1.807) is 14.2 Å². The Balaban J connectivity index is 1.41. The first-order valence-electron chi connectivity index (χ1n) is 9.97. The van der Waals surface area contributed by atoms with Crippen molar-refractivity contribution in [3.8, 4) is 11.5 Å². The maximum atomic E-state index is 12.5. The van der Waals surface area contributed by atoms with Gasteiger partial charge in [0.15, 0.2) is 0 Å². The average Bonchev–Trinajstić information content (AvgIpc) is 2.75. The number of hydrogen-bond acceptors (Lipinski definition) is 4. The average molecular weight is 383 g/mol. The molecule has 150 valence electrons. The van der Waals surface area contributed by atoms with Crippen molar-refractivity contribution in [3.05, 3.63) is 54.1 Å². The highest BCUT2D eigenvalue weighted by Crippen LogP contribution is 2.29. The quantitative estimate of drug-likeness (QED) is 0.750. The smallest absolute Gasteiger partial charge is 0.224 e. The predicted molar refractivity (Wildman–Crippen MR) is 112 cm³/mol. The van der Waals surface area contributed by atoms with Crippen molar-refractivity contribution in [3.63, 3.8) is 0 Å². The van der Waals surface area contributed by atoms with Gasteiger partial charge in [-0.3, -0.25) is 4.79 Å². The molecule has 0 saturated carbocycles.